The van der Waals surface area contributed by atoms with Crippen LogP contribution in [0.3, 0.4) is 0 Å². The number of rotatable bonds is 12. The Morgan fingerprint density at radius 3 is 2.00 bits per heavy atom. The van der Waals surface area contributed by atoms with Gasteiger partial charge in [0, 0.05) is 13.1 Å². The standard InChI is InChI=1S/C39H46N2O2/c1-4-5-6-11-23-39(29-40,33-19-20-36(42-2)37(28-33)43-3)24-12-25-41-26-21-32(22-27-41)38-34-15-9-7-13-30(34)17-18-31-14-8-10-16-35(31)38/h7-10,13-20,28H,4-6,11-12,21-27H2,1-3H3. The molecule has 4 heteroatoms. The van der Waals surface area contributed by atoms with Crippen LogP contribution in [-0.2, 0) is 5.41 Å². The Hall–Kier alpha value is -3.81. The third-order valence-electron chi connectivity index (χ3n) is 9.40. The number of benzene rings is 3. The number of likely N-dealkylation sites (tertiary alicyclic amines) is 1. The fourth-order valence-corrected chi connectivity index (χ4v) is 6.92. The lowest BCUT2D eigenvalue weighted by Crippen LogP contribution is -2.33. The molecular formula is C39H46N2O2. The molecule has 2 aliphatic rings. The quantitative estimate of drug-likeness (QED) is 0.158. The third kappa shape index (κ3) is 6.89. The zero-order valence-corrected chi connectivity index (χ0v) is 26.2. The number of nitriles is 1. The van der Waals surface area contributed by atoms with E-state index >= 15 is 0 Å². The second-order valence-electron chi connectivity index (χ2n) is 12.0. The summed E-state index contributed by atoms with van der Waals surface area (Å²) in [5, 5.41) is 10.6. The predicted molar refractivity (Wildman–Crippen MR) is 178 cm³/mol. The fraction of sp³-hybridized carbons (Fsp3) is 0.410. The highest BCUT2D eigenvalue weighted by atomic mass is 16.5. The Morgan fingerprint density at radius 2 is 1.40 bits per heavy atom. The van der Waals surface area contributed by atoms with Gasteiger partial charge in [0.15, 0.2) is 11.5 Å². The summed E-state index contributed by atoms with van der Waals surface area (Å²) >= 11 is 0. The van der Waals surface area contributed by atoms with E-state index in [0.29, 0.717) is 11.5 Å². The molecule has 0 spiro atoms. The van der Waals surface area contributed by atoms with Gasteiger partial charge in [-0.25, -0.2) is 0 Å². The number of fused-ring (bicyclic) bond motifs is 2. The molecule has 1 atom stereocenters. The molecule has 5 rings (SSSR count). The van der Waals surface area contributed by atoms with Crippen molar-refractivity contribution in [3.63, 3.8) is 0 Å². The maximum absolute atomic E-state index is 10.6. The van der Waals surface area contributed by atoms with Crippen LogP contribution in [0.2, 0.25) is 0 Å². The molecule has 1 saturated heterocycles. The Morgan fingerprint density at radius 1 is 0.767 bits per heavy atom. The fourth-order valence-electron chi connectivity index (χ4n) is 6.92. The summed E-state index contributed by atoms with van der Waals surface area (Å²) in [7, 11) is 3.32. The summed E-state index contributed by atoms with van der Waals surface area (Å²) in [6.07, 6.45) is 14.0. The van der Waals surface area contributed by atoms with Gasteiger partial charge in [-0.15, -0.1) is 0 Å². The molecule has 1 aliphatic carbocycles. The van der Waals surface area contributed by atoms with E-state index in [2.05, 4.69) is 84.6 Å². The number of ether oxygens (including phenoxy) is 2. The zero-order chi connectivity index (χ0) is 30.1. The van der Waals surface area contributed by atoms with E-state index in [1.54, 1.807) is 19.8 Å². The lowest BCUT2D eigenvalue weighted by atomic mass is 9.74. The van der Waals surface area contributed by atoms with Gasteiger partial charge in [-0.1, -0.05) is 105 Å². The number of methoxy groups -OCH3 is 2. The first-order chi connectivity index (χ1) is 21.1. The van der Waals surface area contributed by atoms with E-state index < -0.39 is 5.41 Å². The minimum absolute atomic E-state index is 0.517. The predicted octanol–water partition coefficient (Wildman–Crippen LogP) is 9.30. The average molecular weight is 575 g/mol. The van der Waals surface area contributed by atoms with Gasteiger partial charge in [0.05, 0.1) is 25.7 Å². The second-order valence-corrected chi connectivity index (χ2v) is 12.0. The van der Waals surface area contributed by atoms with Crippen molar-refractivity contribution in [1.29, 1.82) is 5.26 Å². The zero-order valence-electron chi connectivity index (χ0n) is 26.2. The molecule has 1 aliphatic heterocycles. The highest BCUT2D eigenvalue weighted by Gasteiger charge is 2.33. The van der Waals surface area contributed by atoms with Gasteiger partial charge in [-0.2, -0.15) is 5.26 Å². The summed E-state index contributed by atoms with van der Waals surface area (Å²) in [5.41, 5.74) is 8.82. The lowest BCUT2D eigenvalue weighted by Gasteiger charge is -2.32. The summed E-state index contributed by atoms with van der Waals surface area (Å²) in [6, 6.07) is 26.5. The van der Waals surface area contributed by atoms with Gasteiger partial charge < -0.3 is 14.4 Å². The van der Waals surface area contributed by atoms with Crippen molar-refractivity contribution < 1.29 is 9.47 Å². The van der Waals surface area contributed by atoms with Crippen molar-refractivity contribution in [2.45, 2.75) is 70.1 Å². The van der Waals surface area contributed by atoms with Gasteiger partial charge in [-0.05, 0) is 84.2 Å². The SMILES string of the molecule is CCCCCCC(C#N)(CCCN1CCC(=C2c3ccccc3C=Cc3ccccc32)CC1)c1ccc(OC)c(OC)c1. The van der Waals surface area contributed by atoms with Crippen LogP contribution in [-0.4, -0.2) is 38.8 Å². The molecule has 0 amide bonds. The van der Waals surface area contributed by atoms with Crippen molar-refractivity contribution in [3.05, 3.63) is 100 Å². The molecule has 1 fully saturated rings. The van der Waals surface area contributed by atoms with E-state index in [1.165, 1.54) is 47.1 Å². The van der Waals surface area contributed by atoms with Gasteiger partial charge in [0.2, 0.25) is 0 Å². The molecule has 3 aromatic carbocycles. The van der Waals surface area contributed by atoms with E-state index in [-0.39, 0.29) is 0 Å². The minimum Gasteiger partial charge on any atom is -0.493 e. The van der Waals surface area contributed by atoms with Gasteiger partial charge >= 0.3 is 0 Å². The van der Waals surface area contributed by atoms with Crippen molar-refractivity contribution in [2.75, 3.05) is 33.9 Å². The lowest BCUT2D eigenvalue weighted by molar-refractivity contribution is 0.243. The molecule has 43 heavy (non-hydrogen) atoms. The molecule has 1 unspecified atom stereocenters. The summed E-state index contributed by atoms with van der Waals surface area (Å²) < 4.78 is 11.1. The molecule has 0 N–H and O–H groups in total. The van der Waals surface area contributed by atoms with E-state index in [9.17, 15) is 5.26 Å². The number of hydrogen-bond acceptors (Lipinski definition) is 4. The molecule has 1 heterocycles. The Balaban J connectivity index is 1.30. The monoisotopic (exact) mass is 574 g/mol. The summed E-state index contributed by atoms with van der Waals surface area (Å²) in [6.45, 7) is 5.37. The molecule has 4 nitrogen and oxygen atoms in total. The van der Waals surface area contributed by atoms with Crippen molar-refractivity contribution in [3.8, 4) is 17.6 Å². The maximum atomic E-state index is 10.6. The summed E-state index contributed by atoms with van der Waals surface area (Å²) in [5.74, 6) is 1.40. The Bertz CT molecular complexity index is 1440. The molecule has 0 saturated carbocycles. The Labute approximate surface area is 258 Å². The topological polar surface area (TPSA) is 45.5 Å². The first-order valence-corrected chi connectivity index (χ1v) is 16.1. The first kappa shape index (κ1) is 30.6. The van der Waals surface area contributed by atoms with E-state index in [1.807, 2.05) is 12.1 Å². The molecule has 3 aromatic rings. The van der Waals surface area contributed by atoms with Gasteiger partial charge in [-0.3, -0.25) is 0 Å². The molecule has 0 radical (unpaired) electrons. The van der Waals surface area contributed by atoms with Crippen LogP contribution >= 0.6 is 0 Å². The number of piperidine rings is 1. The number of hydrogen-bond donors (Lipinski definition) is 0. The highest BCUT2D eigenvalue weighted by molar-refractivity contribution is 5.94. The molecule has 224 valence electrons. The minimum atomic E-state index is -0.517. The van der Waals surface area contributed by atoms with Crippen LogP contribution in [0.4, 0.5) is 0 Å². The smallest absolute Gasteiger partial charge is 0.161 e. The van der Waals surface area contributed by atoms with Crippen molar-refractivity contribution in [2.24, 2.45) is 0 Å². The Kier molecular flexibility index (Phi) is 10.4. The van der Waals surface area contributed by atoms with Crippen LogP contribution < -0.4 is 9.47 Å². The normalized spacial score (nSPS) is 16.0. The van der Waals surface area contributed by atoms with Crippen LogP contribution in [0.1, 0.15) is 92.5 Å². The number of unbranched alkanes of at least 4 members (excludes halogenated alkanes) is 3. The van der Waals surface area contributed by atoms with E-state index in [0.717, 1.165) is 63.7 Å². The maximum Gasteiger partial charge on any atom is 0.161 e. The van der Waals surface area contributed by atoms with Gasteiger partial charge in [0.1, 0.15) is 0 Å². The van der Waals surface area contributed by atoms with Crippen LogP contribution in [0.25, 0.3) is 17.7 Å². The number of nitrogens with zero attached hydrogens (tertiary/aromatic N) is 2. The molecule has 0 aromatic heterocycles. The molecule has 0 bridgehead atoms. The highest BCUT2D eigenvalue weighted by Crippen LogP contribution is 2.41. The second kappa shape index (κ2) is 14.6. The first-order valence-electron chi connectivity index (χ1n) is 16.1. The van der Waals surface area contributed by atoms with Gasteiger partial charge in [0.25, 0.3) is 0 Å². The third-order valence-corrected chi connectivity index (χ3v) is 9.40. The van der Waals surface area contributed by atoms with E-state index in [4.69, 9.17) is 9.47 Å². The van der Waals surface area contributed by atoms with Crippen molar-refractivity contribution >= 4 is 17.7 Å². The summed E-state index contributed by atoms with van der Waals surface area (Å²) in [4.78, 5) is 2.60. The van der Waals surface area contributed by atoms with Crippen LogP contribution in [0.15, 0.2) is 72.3 Å². The van der Waals surface area contributed by atoms with Crippen molar-refractivity contribution in [1.82, 2.24) is 4.90 Å². The average Bonchev–Trinajstić information content (AvgIpc) is 3.23. The van der Waals surface area contributed by atoms with Crippen LogP contribution in [0.5, 0.6) is 11.5 Å². The molecular weight excluding hydrogens is 528 g/mol. The largest absolute Gasteiger partial charge is 0.493 e. The van der Waals surface area contributed by atoms with Crippen LogP contribution in [0, 0.1) is 11.3 Å².